The Bertz CT molecular complexity index is 1590. The molecule has 3 aromatic rings. The highest BCUT2D eigenvalue weighted by molar-refractivity contribution is 5.99. The third-order valence-electron chi connectivity index (χ3n) is 9.66. The number of piperidine rings is 1. The van der Waals surface area contributed by atoms with Crippen molar-refractivity contribution < 1.29 is 32.6 Å². The first-order valence-corrected chi connectivity index (χ1v) is 15.8. The summed E-state index contributed by atoms with van der Waals surface area (Å²) in [5.74, 6) is -3.47. The molecule has 1 aromatic heterocycles. The molecule has 0 saturated carbocycles. The van der Waals surface area contributed by atoms with E-state index in [2.05, 4.69) is 15.2 Å². The van der Waals surface area contributed by atoms with Crippen molar-refractivity contribution in [2.24, 2.45) is 5.92 Å². The smallest absolute Gasteiger partial charge is 0.414 e. The Hall–Kier alpha value is -3.70. The summed E-state index contributed by atoms with van der Waals surface area (Å²) in [6, 6.07) is 9.52. The van der Waals surface area contributed by atoms with Gasteiger partial charge < -0.3 is 20.1 Å². The van der Waals surface area contributed by atoms with Crippen LogP contribution in [0.25, 0.3) is 10.9 Å². The standard InChI is InChI=1S/C34H39F3N4O4/c1-20(2)34(37)11-7-27-23(19-34)17-22-18-26(29(35)30(36)31(22)38-27)32(43)39-28(10-14-40-12-8-25(42)9-13-40)21-3-5-24(6-4-21)41-15-16-45-33(41)44/h3-6,17-18,20,25,28,42H,7-16,19H2,1-2H3,(H,39,43)/t28-,34?/m1/s1. The monoisotopic (exact) mass is 624 g/mol. The predicted molar refractivity (Wildman–Crippen MR) is 164 cm³/mol. The van der Waals surface area contributed by atoms with E-state index < -0.39 is 40.9 Å². The number of fused-ring (bicyclic) bond motifs is 2. The van der Waals surface area contributed by atoms with E-state index in [-0.39, 0.29) is 35.8 Å². The first-order chi connectivity index (χ1) is 21.5. The summed E-state index contributed by atoms with van der Waals surface area (Å²) in [4.78, 5) is 33.7. The topological polar surface area (TPSA) is 95.0 Å². The number of amides is 2. The third-order valence-corrected chi connectivity index (χ3v) is 9.66. The minimum absolute atomic E-state index is 0.129. The summed E-state index contributed by atoms with van der Waals surface area (Å²) in [5, 5.41) is 13.0. The van der Waals surface area contributed by atoms with Crippen molar-refractivity contribution in [3.8, 4) is 0 Å². The maximum Gasteiger partial charge on any atom is 0.414 e. The molecule has 6 rings (SSSR count). The Labute approximate surface area is 260 Å². The summed E-state index contributed by atoms with van der Waals surface area (Å²) in [6.45, 7) is 6.46. The maximum atomic E-state index is 15.5. The molecular weight excluding hydrogens is 585 g/mol. The highest BCUT2D eigenvalue weighted by Gasteiger charge is 2.38. The van der Waals surface area contributed by atoms with E-state index >= 15 is 13.2 Å². The number of rotatable bonds is 8. The fourth-order valence-corrected chi connectivity index (χ4v) is 6.62. The minimum Gasteiger partial charge on any atom is -0.447 e. The summed E-state index contributed by atoms with van der Waals surface area (Å²) >= 11 is 0. The first kappa shape index (κ1) is 31.3. The van der Waals surface area contributed by atoms with Gasteiger partial charge in [0.25, 0.3) is 5.91 Å². The summed E-state index contributed by atoms with van der Waals surface area (Å²) in [7, 11) is 0. The number of pyridine rings is 1. The molecule has 11 heteroatoms. The molecule has 2 aromatic carbocycles. The van der Waals surface area contributed by atoms with Crippen molar-refractivity contribution in [1.29, 1.82) is 0 Å². The predicted octanol–water partition coefficient (Wildman–Crippen LogP) is 5.64. The number of carbonyl (C=O) groups is 2. The molecule has 0 bridgehead atoms. The molecule has 2 N–H and O–H groups in total. The van der Waals surface area contributed by atoms with Gasteiger partial charge in [-0.1, -0.05) is 26.0 Å². The number of aliphatic hydroxyl groups excluding tert-OH is 1. The van der Waals surface area contributed by atoms with Crippen LogP contribution in [0.5, 0.6) is 0 Å². The lowest BCUT2D eigenvalue weighted by molar-refractivity contribution is 0.0794. The Morgan fingerprint density at radius 2 is 1.87 bits per heavy atom. The van der Waals surface area contributed by atoms with Crippen LogP contribution in [0, 0.1) is 17.6 Å². The minimum atomic E-state index is -1.41. The van der Waals surface area contributed by atoms with Gasteiger partial charge in [-0.15, -0.1) is 0 Å². The van der Waals surface area contributed by atoms with Crippen LogP contribution in [-0.2, 0) is 17.6 Å². The van der Waals surface area contributed by atoms with Crippen molar-refractivity contribution in [3.05, 3.63) is 70.4 Å². The van der Waals surface area contributed by atoms with Crippen LogP contribution in [0.1, 0.15) is 72.8 Å². The van der Waals surface area contributed by atoms with E-state index in [4.69, 9.17) is 4.74 Å². The van der Waals surface area contributed by atoms with Crippen LogP contribution in [0.15, 0.2) is 36.4 Å². The second kappa shape index (κ2) is 12.6. The van der Waals surface area contributed by atoms with E-state index in [0.29, 0.717) is 62.3 Å². The largest absolute Gasteiger partial charge is 0.447 e. The van der Waals surface area contributed by atoms with Crippen molar-refractivity contribution in [3.63, 3.8) is 0 Å². The van der Waals surface area contributed by atoms with Crippen molar-refractivity contribution >= 4 is 28.6 Å². The van der Waals surface area contributed by atoms with Gasteiger partial charge in [-0.2, -0.15) is 0 Å². The van der Waals surface area contributed by atoms with E-state index in [1.807, 2.05) is 13.8 Å². The van der Waals surface area contributed by atoms with Crippen LogP contribution < -0.4 is 10.2 Å². The van der Waals surface area contributed by atoms with Gasteiger partial charge in [-0.25, -0.2) is 22.9 Å². The molecule has 0 radical (unpaired) electrons. The molecule has 2 atom stereocenters. The van der Waals surface area contributed by atoms with Crippen LogP contribution >= 0.6 is 0 Å². The molecule has 2 amide bonds. The van der Waals surface area contributed by atoms with Gasteiger partial charge in [-0.3, -0.25) is 9.69 Å². The number of alkyl halides is 1. The van der Waals surface area contributed by atoms with Crippen molar-refractivity contribution in [2.75, 3.05) is 37.7 Å². The molecule has 1 aliphatic carbocycles. The van der Waals surface area contributed by atoms with Gasteiger partial charge >= 0.3 is 6.09 Å². The molecule has 2 fully saturated rings. The molecule has 3 heterocycles. The van der Waals surface area contributed by atoms with E-state index in [1.165, 1.54) is 11.0 Å². The lowest BCUT2D eigenvalue weighted by Crippen LogP contribution is -2.38. The average Bonchev–Trinajstić information content (AvgIpc) is 3.46. The number of halogens is 3. The summed E-state index contributed by atoms with van der Waals surface area (Å²) < 4.78 is 51.4. The van der Waals surface area contributed by atoms with Crippen LogP contribution in [0.4, 0.5) is 23.7 Å². The molecule has 2 aliphatic heterocycles. The normalized spacial score (nSPS) is 21.7. The second-order valence-corrected chi connectivity index (χ2v) is 12.8. The van der Waals surface area contributed by atoms with Crippen LogP contribution in [-0.4, -0.2) is 71.5 Å². The van der Waals surface area contributed by atoms with Crippen molar-refractivity contribution in [2.45, 2.75) is 70.2 Å². The fourth-order valence-electron chi connectivity index (χ4n) is 6.62. The number of aliphatic hydroxyl groups is 1. The lowest BCUT2D eigenvalue weighted by Gasteiger charge is -2.34. The molecule has 8 nitrogen and oxygen atoms in total. The zero-order chi connectivity index (χ0) is 31.9. The third kappa shape index (κ3) is 6.37. The number of anilines is 1. The first-order valence-electron chi connectivity index (χ1n) is 15.8. The number of likely N-dealkylation sites (tertiary alicyclic amines) is 1. The zero-order valence-electron chi connectivity index (χ0n) is 25.6. The highest BCUT2D eigenvalue weighted by atomic mass is 19.2. The van der Waals surface area contributed by atoms with Gasteiger partial charge in [0.1, 0.15) is 17.8 Å². The van der Waals surface area contributed by atoms with Gasteiger partial charge in [0.2, 0.25) is 0 Å². The number of aromatic nitrogens is 1. The quantitative estimate of drug-likeness (QED) is 0.337. The number of benzene rings is 2. The van der Waals surface area contributed by atoms with Crippen LogP contribution in [0.2, 0.25) is 0 Å². The summed E-state index contributed by atoms with van der Waals surface area (Å²) in [5.41, 5.74) is 0.572. The number of carbonyl (C=O) groups excluding carboxylic acids is 2. The second-order valence-electron chi connectivity index (χ2n) is 12.8. The fraction of sp³-hybridized carbons (Fsp3) is 0.500. The number of nitrogens with one attached hydrogen (secondary N) is 1. The SMILES string of the molecule is CC(C)C1(F)CCc2nc3c(F)c(F)c(C(=O)N[C@H](CCN4CCC(O)CC4)c4ccc(N5CCOC5=O)cc4)cc3cc2C1. The number of cyclic esters (lactones) is 1. The number of nitrogens with zero attached hydrogens (tertiary/aromatic N) is 3. The number of ether oxygens (including phenoxy) is 1. The Morgan fingerprint density at radius 1 is 1.13 bits per heavy atom. The van der Waals surface area contributed by atoms with Gasteiger partial charge in [0, 0.05) is 42.8 Å². The van der Waals surface area contributed by atoms with E-state index in [9.17, 15) is 14.7 Å². The molecule has 45 heavy (non-hydrogen) atoms. The van der Waals surface area contributed by atoms with E-state index in [1.54, 1.807) is 30.3 Å². The highest BCUT2D eigenvalue weighted by Crippen LogP contribution is 2.38. The lowest BCUT2D eigenvalue weighted by atomic mass is 9.77. The van der Waals surface area contributed by atoms with Gasteiger partial charge in [-0.05, 0) is 73.4 Å². The number of hydrogen-bond acceptors (Lipinski definition) is 6. The average molecular weight is 625 g/mol. The Balaban J connectivity index is 1.27. The Morgan fingerprint density at radius 3 is 2.53 bits per heavy atom. The van der Waals surface area contributed by atoms with Crippen LogP contribution in [0.3, 0.4) is 0 Å². The number of hydrogen-bond donors (Lipinski definition) is 2. The van der Waals surface area contributed by atoms with E-state index in [0.717, 1.165) is 18.7 Å². The molecule has 3 aliphatic rings. The molecular formula is C34H39F3N4O4. The van der Waals surface area contributed by atoms with Gasteiger partial charge in [0.15, 0.2) is 11.6 Å². The molecule has 0 spiro atoms. The van der Waals surface area contributed by atoms with Crippen molar-refractivity contribution in [1.82, 2.24) is 15.2 Å². The maximum absolute atomic E-state index is 15.5. The molecule has 1 unspecified atom stereocenters. The zero-order valence-corrected chi connectivity index (χ0v) is 25.6. The number of aryl methyl sites for hydroxylation is 1. The van der Waals surface area contributed by atoms with Gasteiger partial charge in [0.05, 0.1) is 24.3 Å². The Kier molecular flexibility index (Phi) is 8.76. The molecule has 240 valence electrons. The molecule has 2 saturated heterocycles. The summed E-state index contributed by atoms with van der Waals surface area (Å²) in [6.07, 6.45) is 1.79.